The van der Waals surface area contributed by atoms with E-state index in [0.717, 1.165) is 12.8 Å². The van der Waals surface area contributed by atoms with Crippen LogP contribution in [0.4, 0.5) is 4.39 Å². The van der Waals surface area contributed by atoms with Crippen LogP contribution >= 0.6 is 0 Å². The van der Waals surface area contributed by atoms with Crippen molar-refractivity contribution < 1.29 is 9.13 Å². The van der Waals surface area contributed by atoms with Crippen molar-refractivity contribution >= 4 is 0 Å². The van der Waals surface area contributed by atoms with E-state index < -0.39 is 0 Å². The number of hydrogen-bond acceptors (Lipinski definition) is 2. The third kappa shape index (κ3) is 3.30. The van der Waals surface area contributed by atoms with Crippen molar-refractivity contribution in [1.82, 2.24) is 0 Å². The molecule has 1 aromatic carbocycles. The summed E-state index contributed by atoms with van der Waals surface area (Å²) in [6.07, 6.45) is 4.50. The molecule has 3 unspecified atom stereocenters. The van der Waals surface area contributed by atoms with E-state index in [0.29, 0.717) is 18.0 Å². The van der Waals surface area contributed by atoms with Gasteiger partial charge in [-0.1, -0.05) is 38.0 Å². The van der Waals surface area contributed by atoms with Crippen molar-refractivity contribution in [2.24, 2.45) is 11.7 Å². The number of nitrogens with two attached hydrogens (primary N) is 1. The fourth-order valence-electron chi connectivity index (χ4n) is 2.73. The number of halogens is 1. The molecule has 1 aliphatic rings. The molecule has 0 bridgehead atoms. The van der Waals surface area contributed by atoms with Crippen molar-refractivity contribution in [3.05, 3.63) is 35.6 Å². The van der Waals surface area contributed by atoms with E-state index in [4.69, 9.17) is 10.5 Å². The number of hydrogen-bond donors (Lipinski definition) is 1. The quantitative estimate of drug-likeness (QED) is 0.890. The van der Waals surface area contributed by atoms with Crippen molar-refractivity contribution in [1.29, 1.82) is 0 Å². The first-order valence-electron chi connectivity index (χ1n) is 6.80. The molecule has 0 radical (unpaired) electrons. The van der Waals surface area contributed by atoms with E-state index in [2.05, 4.69) is 6.92 Å². The van der Waals surface area contributed by atoms with Gasteiger partial charge in [0.15, 0.2) is 0 Å². The molecular weight excluding hydrogens is 229 g/mol. The molecule has 2 rings (SSSR count). The maximum Gasteiger partial charge on any atom is 0.129 e. The van der Waals surface area contributed by atoms with Crippen LogP contribution in [-0.2, 0) is 4.74 Å². The van der Waals surface area contributed by atoms with E-state index in [-0.39, 0.29) is 18.0 Å². The number of rotatable bonds is 4. The van der Waals surface area contributed by atoms with Crippen molar-refractivity contribution in [2.75, 3.05) is 6.54 Å². The highest BCUT2D eigenvalue weighted by Gasteiger charge is 2.24. The zero-order valence-electron chi connectivity index (χ0n) is 10.9. The van der Waals surface area contributed by atoms with Crippen LogP contribution in [0.1, 0.15) is 44.3 Å². The highest BCUT2D eigenvalue weighted by Crippen LogP contribution is 2.30. The van der Waals surface area contributed by atoms with Crippen molar-refractivity contribution in [2.45, 2.75) is 44.8 Å². The molecule has 3 heteroatoms. The first kappa shape index (κ1) is 13.5. The normalized spacial score (nSPS) is 25.9. The number of benzene rings is 1. The predicted molar refractivity (Wildman–Crippen MR) is 70.7 cm³/mol. The third-order valence-electron chi connectivity index (χ3n) is 3.71. The Labute approximate surface area is 108 Å². The Balaban J connectivity index is 2.03. The molecule has 1 aliphatic carbocycles. The lowest BCUT2D eigenvalue weighted by Crippen LogP contribution is -2.27. The van der Waals surface area contributed by atoms with Crippen LogP contribution in [-0.4, -0.2) is 12.6 Å². The van der Waals surface area contributed by atoms with Gasteiger partial charge in [0.2, 0.25) is 0 Å². The van der Waals surface area contributed by atoms with E-state index in [1.807, 2.05) is 6.07 Å². The molecule has 0 heterocycles. The Kier molecular flexibility index (Phi) is 4.72. The standard InChI is InChI=1S/C15H22FNO/c1-11-5-4-6-12(9-11)18-15(10-17)13-7-2-3-8-14(13)16/h2-3,7-8,11-12,15H,4-6,9-10,17H2,1H3. The lowest BCUT2D eigenvalue weighted by Gasteiger charge is -2.30. The summed E-state index contributed by atoms with van der Waals surface area (Å²) in [5.41, 5.74) is 6.32. The highest BCUT2D eigenvalue weighted by atomic mass is 19.1. The van der Waals surface area contributed by atoms with Gasteiger partial charge in [0.05, 0.1) is 12.2 Å². The highest BCUT2D eigenvalue weighted by molar-refractivity contribution is 5.20. The van der Waals surface area contributed by atoms with Crippen LogP contribution in [0.2, 0.25) is 0 Å². The Morgan fingerprint density at radius 3 is 2.83 bits per heavy atom. The molecule has 1 fully saturated rings. The summed E-state index contributed by atoms with van der Waals surface area (Å²) < 4.78 is 19.7. The molecular formula is C15H22FNO. The Morgan fingerprint density at radius 1 is 1.39 bits per heavy atom. The third-order valence-corrected chi connectivity index (χ3v) is 3.71. The summed E-state index contributed by atoms with van der Waals surface area (Å²) in [5.74, 6) is 0.472. The molecule has 2 nitrogen and oxygen atoms in total. The molecule has 0 aliphatic heterocycles. The van der Waals surface area contributed by atoms with Gasteiger partial charge in [-0.2, -0.15) is 0 Å². The number of ether oxygens (including phenoxy) is 1. The smallest absolute Gasteiger partial charge is 0.129 e. The van der Waals surface area contributed by atoms with Crippen LogP contribution in [0.15, 0.2) is 24.3 Å². The van der Waals surface area contributed by atoms with E-state index >= 15 is 0 Å². The lowest BCUT2D eigenvalue weighted by atomic mass is 9.88. The van der Waals surface area contributed by atoms with Crippen LogP contribution < -0.4 is 5.73 Å². The van der Waals surface area contributed by atoms with Gasteiger partial charge in [0.1, 0.15) is 5.82 Å². The topological polar surface area (TPSA) is 35.2 Å². The fraction of sp³-hybridized carbons (Fsp3) is 0.600. The van der Waals surface area contributed by atoms with E-state index in [9.17, 15) is 4.39 Å². The first-order chi connectivity index (χ1) is 8.70. The van der Waals surface area contributed by atoms with Crippen molar-refractivity contribution in [3.63, 3.8) is 0 Å². The van der Waals surface area contributed by atoms with Gasteiger partial charge < -0.3 is 10.5 Å². The molecule has 1 aromatic rings. The van der Waals surface area contributed by atoms with Crippen LogP contribution in [0, 0.1) is 11.7 Å². The summed E-state index contributed by atoms with van der Waals surface area (Å²) in [6, 6.07) is 6.74. The van der Waals surface area contributed by atoms with Gasteiger partial charge in [-0.3, -0.25) is 0 Å². The summed E-state index contributed by atoms with van der Waals surface area (Å²) in [4.78, 5) is 0. The summed E-state index contributed by atoms with van der Waals surface area (Å²) in [7, 11) is 0. The zero-order chi connectivity index (χ0) is 13.0. The van der Waals surface area contributed by atoms with E-state index in [1.165, 1.54) is 18.9 Å². The molecule has 100 valence electrons. The second-order valence-electron chi connectivity index (χ2n) is 5.28. The zero-order valence-corrected chi connectivity index (χ0v) is 10.9. The molecule has 0 aromatic heterocycles. The molecule has 1 saturated carbocycles. The van der Waals surface area contributed by atoms with Crippen molar-refractivity contribution in [3.8, 4) is 0 Å². The molecule has 0 amide bonds. The molecule has 3 atom stereocenters. The minimum atomic E-state index is -0.318. The minimum Gasteiger partial charge on any atom is -0.369 e. The van der Waals surface area contributed by atoms with Crippen LogP contribution in [0.3, 0.4) is 0 Å². The fourth-order valence-corrected chi connectivity index (χ4v) is 2.73. The first-order valence-corrected chi connectivity index (χ1v) is 6.80. The van der Waals surface area contributed by atoms with Gasteiger partial charge in [0, 0.05) is 12.1 Å². The molecule has 2 N–H and O–H groups in total. The maximum atomic E-state index is 13.7. The average Bonchev–Trinajstić information content (AvgIpc) is 2.37. The Bertz CT molecular complexity index is 383. The largest absolute Gasteiger partial charge is 0.369 e. The monoisotopic (exact) mass is 251 g/mol. The summed E-state index contributed by atoms with van der Waals surface area (Å²) in [6.45, 7) is 2.57. The van der Waals surface area contributed by atoms with Gasteiger partial charge in [-0.25, -0.2) is 4.39 Å². The Hall–Kier alpha value is -0.930. The summed E-state index contributed by atoms with van der Waals surface area (Å²) >= 11 is 0. The lowest BCUT2D eigenvalue weighted by molar-refractivity contribution is -0.0374. The van der Waals surface area contributed by atoms with Gasteiger partial charge >= 0.3 is 0 Å². The second-order valence-corrected chi connectivity index (χ2v) is 5.28. The van der Waals surface area contributed by atoms with E-state index in [1.54, 1.807) is 12.1 Å². The van der Waals surface area contributed by atoms with Gasteiger partial charge in [-0.05, 0) is 24.8 Å². The second kappa shape index (κ2) is 6.30. The summed E-state index contributed by atoms with van der Waals surface area (Å²) in [5, 5.41) is 0. The molecule has 0 saturated heterocycles. The maximum absolute atomic E-state index is 13.7. The minimum absolute atomic E-state index is 0.224. The SMILES string of the molecule is CC1CCCC(OC(CN)c2ccccc2F)C1. The Morgan fingerprint density at radius 2 is 2.17 bits per heavy atom. The average molecular weight is 251 g/mol. The van der Waals surface area contributed by atoms with Gasteiger partial charge in [-0.15, -0.1) is 0 Å². The molecule has 0 spiro atoms. The van der Waals surface area contributed by atoms with Crippen LogP contribution in [0.5, 0.6) is 0 Å². The van der Waals surface area contributed by atoms with Gasteiger partial charge in [0.25, 0.3) is 0 Å². The predicted octanol–water partition coefficient (Wildman–Crippen LogP) is 3.42. The van der Waals surface area contributed by atoms with Crippen LogP contribution in [0.25, 0.3) is 0 Å². The molecule has 18 heavy (non-hydrogen) atoms.